The topological polar surface area (TPSA) is 146 Å². The van der Waals surface area contributed by atoms with Crippen LogP contribution < -0.4 is 31.0 Å². The number of pyridine rings is 1. The highest BCUT2D eigenvalue weighted by Crippen LogP contribution is 2.47. The normalized spacial score (nSPS) is 11.2. The lowest BCUT2D eigenvalue weighted by molar-refractivity contribution is 0.0916. The number of fused-ring (bicyclic) bond motifs is 1. The molecule has 0 aliphatic rings. The zero-order valence-electron chi connectivity index (χ0n) is 19.5. The Morgan fingerprint density at radius 3 is 2.27 bits per heavy atom. The number of amides is 1. The second-order valence-electron chi connectivity index (χ2n) is 7.99. The van der Waals surface area contributed by atoms with Gasteiger partial charge in [0.1, 0.15) is 27.2 Å². The van der Waals surface area contributed by atoms with Crippen LogP contribution in [0.2, 0.25) is 0 Å². The summed E-state index contributed by atoms with van der Waals surface area (Å²) in [6.45, 7) is 5.85. The number of carbonyl (C=O) groups is 1. The maximum absolute atomic E-state index is 13.0. The Hall–Kier alpha value is -3.71. The van der Waals surface area contributed by atoms with Gasteiger partial charge in [-0.05, 0) is 38.0 Å². The lowest BCUT2D eigenvalue weighted by Gasteiger charge is -2.24. The number of aromatic nitrogens is 1. The Kier molecular flexibility index (Phi) is 6.56. The Labute approximate surface area is 196 Å². The van der Waals surface area contributed by atoms with E-state index in [-0.39, 0.29) is 23.0 Å². The van der Waals surface area contributed by atoms with E-state index in [2.05, 4.69) is 16.4 Å². The molecule has 1 aromatic carbocycles. The molecule has 0 bridgehead atoms. The molecule has 3 rings (SSSR count). The van der Waals surface area contributed by atoms with Crippen molar-refractivity contribution < 1.29 is 19.0 Å². The molecule has 0 atom stereocenters. The van der Waals surface area contributed by atoms with Crippen LogP contribution in [0.25, 0.3) is 21.3 Å². The molecule has 0 saturated carbocycles. The quantitative estimate of drug-likeness (QED) is 0.472. The number of hydrogen-bond acceptors (Lipinski definition) is 9. The summed E-state index contributed by atoms with van der Waals surface area (Å²) in [5, 5.41) is 13.4. The minimum absolute atomic E-state index is 0.0378. The summed E-state index contributed by atoms with van der Waals surface area (Å²) in [5.41, 5.74) is 13.6. The summed E-state index contributed by atoms with van der Waals surface area (Å²) < 4.78 is 16.3. The maximum atomic E-state index is 13.0. The van der Waals surface area contributed by atoms with E-state index in [0.29, 0.717) is 43.5 Å². The molecule has 5 N–H and O–H groups in total. The fourth-order valence-electron chi connectivity index (χ4n) is 3.42. The van der Waals surface area contributed by atoms with Crippen molar-refractivity contribution in [2.45, 2.75) is 32.7 Å². The fraction of sp³-hybridized carbons (Fsp3) is 0.348. The molecule has 2 aromatic heterocycles. The van der Waals surface area contributed by atoms with E-state index in [1.165, 1.54) is 21.3 Å². The van der Waals surface area contributed by atoms with E-state index in [1.54, 1.807) is 12.1 Å². The van der Waals surface area contributed by atoms with Gasteiger partial charge in [0, 0.05) is 16.5 Å². The Balaban J connectivity index is 2.36. The number of methoxy groups -OCH3 is 3. The zero-order valence-corrected chi connectivity index (χ0v) is 20.3. The number of nitrogens with one attached hydrogen (secondary N) is 1. The average Bonchev–Trinajstić information content (AvgIpc) is 3.12. The van der Waals surface area contributed by atoms with Gasteiger partial charge in [0.25, 0.3) is 5.91 Å². The molecule has 0 unspecified atom stereocenters. The van der Waals surface area contributed by atoms with Crippen molar-refractivity contribution in [1.82, 2.24) is 10.3 Å². The summed E-state index contributed by atoms with van der Waals surface area (Å²) in [6.07, 6.45) is 0.740. The first-order valence-electron chi connectivity index (χ1n) is 10.2. The van der Waals surface area contributed by atoms with Gasteiger partial charge in [-0.3, -0.25) is 4.79 Å². The van der Waals surface area contributed by atoms with E-state index in [0.717, 1.165) is 17.8 Å². The number of anilines is 2. The number of nitrogens with zero attached hydrogens (tertiary/aromatic N) is 2. The molecule has 10 heteroatoms. The van der Waals surface area contributed by atoms with Gasteiger partial charge in [0.15, 0.2) is 11.5 Å². The Bertz CT molecular complexity index is 1250. The SMILES string of the molecule is CCC(C)(C)NC(=O)c1sc2nc(N)c(C#N)c(-c3cc(OC)c(OC)c(OC)c3)c2c1N. The highest BCUT2D eigenvalue weighted by Gasteiger charge is 2.28. The number of nitrogens with two attached hydrogens (primary N) is 2. The van der Waals surface area contributed by atoms with Crippen LogP contribution >= 0.6 is 11.3 Å². The first kappa shape index (κ1) is 23.9. The molecule has 0 aliphatic heterocycles. The average molecular weight is 470 g/mol. The minimum Gasteiger partial charge on any atom is -0.493 e. The Morgan fingerprint density at radius 2 is 1.79 bits per heavy atom. The summed E-state index contributed by atoms with van der Waals surface area (Å²) in [6, 6.07) is 5.52. The standard InChI is InChI=1S/C23H27N5O4S/c1-7-23(2,3)28-21(29)19-17(25)16-15(12(10-24)20(26)27-22(16)33-19)11-8-13(30-4)18(32-6)14(9-11)31-5/h8-9H,7,25H2,1-6H3,(H2,26,27)(H,28,29). The molecule has 1 amide bonds. The Morgan fingerprint density at radius 1 is 1.18 bits per heavy atom. The predicted octanol–water partition coefficient (Wildman–Crippen LogP) is 3.94. The van der Waals surface area contributed by atoms with Gasteiger partial charge in [-0.15, -0.1) is 11.3 Å². The number of rotatable bonds is 7. The first-order chi connectivity index (χ1) is 15.6. The van der Waals surface area contributed by atoms with Crippen molar-refractivity contribution in [3.8, 4) is 34.4 Å². The molecular weight excluding hydrogens is 442 g/mol. The van der Waals surface area contributed by atoms with Crippen molar-refractivity contribution in [2.24, 2.45) is 0 Å². The number of hydrogen-bond donors (Lipinski definition) is 3. The van der Waals surface area contributed by atoms with Gasteiger partial charge >= 0.3 is 0 Å². The summed E-state index contributed by atoms with van der Waals surface area (Å²) in [5.74, 6) is 0.929. The van der Waals surface area contributed by atoms with E-state index in [1.807, 2.05) is 20.8 Å². The number of benzene rings is 1. The fourth-order valence-corrected chi connectivity index (χ4v) is 4.43. The zero-order chi connectivity index (χ0) is 24.5. The molecule has 0 radical (unpaired) electrons. The largest absolute Gasteiger partial charge is 0.493 e. The van der Waals surface area contributed by atoms with Crippen LogP contribution in [-0.2, 0) is 0 Å². The molecule has 9 nitrogen and oxygen atoms in total. The first-order valence-corrected chi connectivity index (χ1v) is 11.0. The van der Waals surface area contributed by atoms with Gasteiger partial charge in [-0.25, -0.2) is 4.98 Å². The summed E-state index contributed by atoms with van der Waals surface area (Å²) in [4.78, 5) is 18.1. The number of nitriles is 1. The molecule has 2 heterocycles. The van der Waals surface area contributed by atoms with Crippen LogP contribution in [0.3, 0.4) is 0 Å². The van der Waals surface area contributed by atoms with Crippen LogP contribution in [0, 0.1) is 11.3 Å². The van der Waals surface area contributed by atoms with Crippen LogP contribution in [0.4, 0.5) is 11.5 Å². The van der Waals surface area contributed by atoms with Crippen molar-refractivity contribution in [2.75, 3.05) is 32.8 Å². The third-order valence-electron chi connectivity index (χ3n) is 5.51. The highest BCUT2D eigenvalue weighted by atomic mass is 32.1. The molecule has 174 valence electrons. The van der Waals surface area contributed by atoms with Gasteiger partial charge in [-0.2, -0.15) is 5.26 Å². The van der Waals surface area contributed by atoms with E-state index in [4.69, 9.17) is 25.7 Å². The number of ether oxygens (including phenoxy) is 3. The van der Waals surface area contributed by atoms with Crippen molar-refractivity contribution >= 4 is 39.0 Å². The van der Waals surface area contributed by atoms with Crippen molar-refractivity contribution in [3.63, 3.8) is 0 Å². The minimum atomic E-state index is -0.413. The van der Waals surface area contributed by atoms with Crippen LogP contribution in [0.5, 0.6) is 17.2 Å². The van der Waals surface area contributed by atoms with Gasteiger partial charge < -0.3 is 31.0 Å². The third-order valence-corrected chi connectivity index (χ3v) is 6.61. The van der Waals surface area contributed by atoms with Crippen molar-refractivity contribution in [1.29, 1.82) is 5.26 Å². The highest BCUT2D eigenvalue weighted by molar-refractivity contribution is 7.21. The summed E-state index contributed by atoms with van der Waals surface area (Å²) in [7, 11) is 4.50. The monoisotopic (exact) mass is 469 g/mol. The molecule has 3 aromatic rings. The molecule has 0 fully saturated rings. The molecule has 0 aliphatic carbocycles. The van der Waals surface area contributed by atoms with E-state index < -0.39 is 5.54 Å². The molecule has 0 saturated heterocycles. The molecule has 33 heavy (non-hydrogen) atoms. The lowest BCUT2D eigenvalue weighted by Crippen LogP contribution is -2.42. The number of thiophene rings is 1. The van der Waals surface area contributed by atoms with Crippen LogP contribution in [0.1, 0.15) is 42.4 Å². The predicted molar refractivity (Wildman–Crippen MR) is 130 cm³/mol. The van der Waals surface area contributed by atoms with Gasteiger partial charge in [0.2, 0.25) is 5.75 Å². The molecular formula is C23H27N5O4S. The number of carbonyl (C=O) groups excluding carboxylic acids is 1. The van der Waals surface area contributed by atoms with E-state index in [9.17, 15) is 10.1 Å². The second-order valence-corrected chi connectivity index (χ2v) is 8.99. The van der Waals surface area contributed by atoms with Crippen LogP contribution in [0.15, 0.2) is 12.1 Å². The second kappa shape index (κ2) is 9.03. The molecule has 0 spiro atoms. The lowest BCUT2D eigenvalue weighted by atomic mass is 9.96. The van der Waals surface area contributed by atoms with E-state index >= 15 is 0 Å². The van der Waals surface area contributed by atoms with Crippen LogP contribution in [-0.4, -0.2) is 37.8 Å². The summed E-state index contributed by atoms with van der Waals surface area (Å²) >= 11 is 1.13. The maximum Gasteiger partial charge on any atom is 0.263 e. The number of nitrogen functional groups attached to an aromatic ring is 2. The third kappa shape index (κ3) is 4.19. The van der Waals surface area contributed by atoms with Gasteiger partial charge in [0.05, 0.1) is 27.0 Å². The van der Waals surface area contributed by atoms with Crippen molar-refractivity contribution in [3.05, 3.63) is 22.6 Å². The smallest absolute Gasteiger partial charge is 0.263 e. The van der Waals surface area contributed by atoms with Gasteiger partial charge in [-0.1, -0.05) is 6.92 Å².